The predicted octanol–water partition coefficient (Wildman–Crippen LogP) is 1.29. The molecule has 0 radical (unpaired) electrons. The van der Waals surface area contributed by atoms with E-state index >= 15 is 0 Å². The number of ether oxygens (including phenoxy) is 1. The van der Waals surface area contributed by atoms with Crippen LogP contribution in [0.15, 0.2) is 11.0 Å². The van der Waals surface area contributed by atoms with Crippen LogP contribution in [0.4, 0.5) is 5.82 Å². The number of anilines is 1. The number of hydrogen-bond acceptors (Lipinski definition) is 5. The second kappa shape index (κ2) is 4.46. The molecule has 0 amide bonds. The van der Waals surface area contributed by atoms with Crippen LogP contribution in [0.3, 0.4) is 0 Å². The lowest BCUT2D eigenvalue weighted by atomic mass is 10.1. The molecule has 1 saturated heterocycles. The summed E-state index contributed by atoms with van der Waals surface area (Å²) in [6, 6.07) is 0.335. The highest BCUT2D eigenvalue weighted by Crippen LogP contribution is 2.40. The minimum atomic E-state index is -1.25. The summed E-state index contributed by atoms with van der Waals surface area (Å²) in [5, 5.41) is 9.39. The van der Waals surface area contributed by atoms with E-state index in [1.54, 1.807) is 6.92 Å². The highest BCUT2D eigenvalue weighted by atomic mass is 16.5. The van der Waals surface area contributed by atoms with Gasteiger partial charge in [0.05, 0.1) is 11.4 Å². The Hall–Kier alpha value is -2.57. The zero-order chi connectivity index (χ0) is 15.4. The second-order valence-electron chi connectivity index (χ2n) is 5.75. The van der Waals surface area contributed by atoms with E-state index in [9.17, 15) is 9.59 Å². The Bertz CT molecular complexity index is 858. The van der Waals surface area contributed by atoms with Gasteiger partial charge in [-0.15, -0.1) is 0 Å². The van der Waals surface area contributed by atoms with Gasteiger partial charge < -0.3 is 19.7 Å². The lowest BCUT2D eigenvalue weighted by Gasteiger charge is -2.33. The number of carbonyl (C=O) groups is 1. The topological polar surface area (TPSA) is 95.5 Å². The summed E-state index contributed by atoms with van der Waals surface area (Å²) in [6.07, 6.45) is 3.38. The summed E-state index contributed by atoms with van der Waals surface area (Å²) < 4.78 is 5.83. The van der Waals surface area contributed by atoms with E-state index in [0.29, 0.717) is 29.6 Å². The molecule has 2 aromatic heterocycles. The Kier molecular flexibility index (Phi) is 2.66. The summed E-state index contributed by atoms with van der Waals surface area (Å²) in [5.41, 5.74) is 0.241. The average molecular weight is 301 g/mol. The summed E-state index contributed by atoms with van der Waals surface area (Å²) in [6.45, 7) is 3.29. The number of aromatic nitrogens is 2. The summed E-state index contributed by atoms with van der Waals surface area (Å²) >= 11 is 0. The van der Waals surface area contributed by atoms with Crippen molar-refractivity contribution in [2.24, 2.45) is 0 Å². The molecule has 0 aromatic carbocycles. The third kappa shape index (κ3) is 1.65. The Morgan fingerprint density at radius 2 is 2.36 bits per heavy atom. The highest BCUT2D eigenvalue weighted by molar-refractivity contribution is 5.94. The Morgan fingerprint density at radius 1 is 1.55 bits per heavy atom. The van der Waals surface area contributed by atoms with Gasteiger partial charge in [0.15, 0.2) is 11.6 Å². The van der Waals surface area contributed by atoms with Crippen LogP contribution in [-0.4, -0.2) is 40.2 Å². The molecular weight excluding hydrogens is 286 g/mol. The third-order valence-corrected chi connectivity index (χ3v) is 4.50. The van der Waals surface area contributed by atoms with Gasteiger partial charge in [-0.1, -0.05) is 0 Å². The van der Waals surface area contributed by atoms with Gasteiger partial charge in [-0.05, 0) is 19.8 Å². The van der Waals surface area contributed by atoms with Crippen molar-refractivity contribution in [3.8, 4) is 5.75 Å². The van der Waals surface area contributed by atoms with Crippen LogP contribution in [0, 0.1) is 6.92 Å². The van der Waals surface area contributed by atoms with Crippen LogP contribution >= 0.6 is 0 Å². The van der Waals surface area contributed by atoms with Crippen LogP contribution in [0.5, 0.6) is 5.75 Å². The fraction of sp³-hybridized carbons (Fsp3) is 0.400. The first-order chi connectivity index (χ1) is 10.6. The number of hydrogen-bond donors (Lipinski definition) is 2. The molecule has 2 aliphatic rings. The maximum absolute atomic E-state index is 12.4. The first kappa shape index (κ1) is 13.1. The molecule has 7 heteroatoms. The van der Waals surface area contributed by atoms with Crippen LogP contribution in [0.2, 0.25) is 0 Å². The fourth-order valence-corrected chi connectivity index (χ4v) is 3.39. The number of carboxylic acids is 1. The first-order valence-corrected chi connectivity index (χ1v) is 7.26. The molecule has 0 bridgehead atoms. The van der Waals surface area contributed by atoms with E-state index < -0.39 is 11.4 Å². The van der Waals surface area contributed by atoms with Gasteiger partial charge in [0, 0.05) is 18.3 Å². The molecule has 2 aliphatic heterocycles. The molecule has 4 heterocycles. The van der Waals surface area contributed by atoms with Crippen molar-refractivity contribution in [1.82, 2.24) is 9.97 Å². The molecule has 4 rings (SSSR count). The summed E-state index contributed by atoms with van der Waals surface area (Å²) in [4.78, 5) is 33.1. The van der Waals surface area contributed by atoms with E-state index in [1.807, 2.05) is 0 Å². The SMILES string of the molecule is Cc1c2c(nc3[nH]cc(C(=O)O)c(=O)c13)N1CCC[C@H]1CO2. The number of nitrogens with one attached hydrogen (secondary N) is 1. The van der Waals surface area contributed by atoms with Crippen LogP contribution in [-0.2, 0) is 0 Å². The van der Waals surface area contributed by atoms with E-state index in [2.05, 4.69) is 14.9 Å². The standard InChI is InChI=1S/C15H15N3O4/c1-7-10-11(19)9(15(20)21)5-16-13(10)17-14-12(7)22-6-8-3-2-4-18(8)14/h5,8H,2-4,6H2,1H3,(H,20,21)(H,16,17,19)/t8-/m0/s1. The van der Waals surface area contributed by atoms with Gasteiger partial charge in [-0.3, -0.25) is 4.79 Å². The number of aromatic amines is 1. The second-order valence-corrected chi connectivity index (χ2v) is 5.75. The maximum Gasteiger partial charge on any atom is 0.341 e. The average Bonchev–Trinajstić information content (AvgIpc) is 2.96. The number of rotatable bonds is 1. The zero-order valence-corrected chi connectivity index (χ0v) is 12.0. The first-order valence-electron chi connectivity index (χ1n) is 7.26. The quantitative estimate of drug-likeness (QED) is 0.824. The lowest BCUT2D eigenvalue weighted by molar-refractivity contribution is 0.0695. The van der Waals surface area contributed by atoms with Crippen molar-refractivity contribution in [3.63, 3.8) is 0 Å². The number of pyridine rings is 2. The Morgan fingerprint density at radius 3 is 3.14 bits per heavy atom. The smallest absolute Gasteiger partial charge is 0.341 e. The highest BCUT2D eigenvalue weighted by Gasteiger charge is 2.34. The van der Waals surface area contributed by atoms with Gasteiger partial charge in [0.1, 0.15) is 17.8 Å². The van der Waals surface area contributed by atoms with E-state index in [4.69, 9.17) is 9.84 Å². The molecule has 0 saturated carbocycles. The van der Waals surface area contributed by atoms with Gasteiger partial charge >= 0.3 is 5.97 Å². The summed E-state index contributed by atoms with van der Waals surface area (Å²) in [7, 11) is 0. The Labute approximate surface area is 125 Å². The number of carboxylic acid groups (broad SMARTS) is 1. The number of nitrogens with zero attached hydrogens (tertiary/aromatic N) is 2. The molecule has 1 atom stereocenters. The molecule has 2 N–H and O–H groups in total. The third-order valence-electron chi connectivity index (χ3n) is 4.50. The van der Waals surface area contributed by atoms with Crippen molar-refractivity contribution in [2.45, 2.75) is 25.8 Å². The molecule has 2 aromatic rings. The minimum Gasteiger partial charge on any atom is -0.487 e. The van der Waals surface area contributed by atoms with Crippen molar-refractivity contribution in [3.05, 3.63) is 27.5 Å². The predicted molar refractivity (Wildman–Crippen MR) is 79.9 cm³/mol. The molecular formula is C15H15N3O4. The minimum absolute atomic E-state index is 0.285. The van der Waals surface area contributed by atoms with E-state index in [0.717, 1.165) is 25.2 Å². The largest absolute Gasteiger partial charge is 0.487 e. The van der Waals surface area contributed by atoms with Crippen molar-refractivity contribution >= 4 is 22.8 Å². The van der Waals surface area contributed by atoms with Crippen molar-refractivity contribution < 1.29 is 14.6 Å². The van der Waals surface area contributed by atoms with Crippen LogP contribution in [0.25, 0.3) is 11.0 Å². The number of H-pyrrole nitrogens is 1. The monoisotopic (exact) mass is 301 g/mol. The molecule has 114 valence electrons. The Balaban J connectivity index is 2.02. The lowest BCUT2D eigenvalue weighted by Crippen LogP contribution is -2.39. The van der Waals surface area contributed by atoms with Gasteiger partial charge in [-0.25, -0.2) is 9.78 Å². The maximum atomic E-state index is 12.4. The van der Waals surface area contributed by atoms with Gasteiger partial charge in [-0.2, -0.15) is 0 Å². The molecule has 7 nitrogen and oxygen atoms in total. The molecule has 0 unspecified atom stereocenters. The molecule has 1 fully saturated rings. The van der Waals surface area contributed by atoms with Crippen molar-refractivity contribution in [1.29, 1.82) is 0 Å². The normalized spacial score (nSPS) is 19.7. The number of aryl methyl sites for hydroxylation is 1. The van der Waals surface area contributed by atoms with Gasteiger partial charge in [0.2, 0.25) is 5.43 Å². The number of fused-ring (bicyclic) bond motifs is 4. The molecule has 22 heavy (non-hydrogen) atoms. The summed E-state index contributed by atoms with van der Waals surface area (Å²) in [5.74, 6) is 0.0944. The van der Waals surface area contributed by atoms with Gasteiger partial charge in [0.25, 0.3) is 0 Å². The molecule has 0 spiro atoms. The van der Waals surface area contributed by atoms with Crippen LogP contribution < -0.4 is 15.1 Å². The van der Waals surface area contributed by atoms with E-state index in [-0.39, 0.29) is 10.9 Å². The fourth-order valence-electron chi connectivity index (χ4n) is 3.39. The zero-order valence-electron chi connectivity index (χ0n) is 12.0. The van der Waals surface area contributed by atoms with E-state index in [1.165, 1.54) is 6.20 Å². The molecule has 0 aliphatic carbocycles. The number of aromatic carboxylic acids is 1. The van der Waals surface area contributed by atoms with Crippen LogP contribution in [0.1, 0.15) is 28.8 Å². The van der Waals surface area contributed by atoms with Crippen molar-refractivity contribution in [2.75, 3.05) is 18.1 Å².